The first-order valence-corrected chi connectivity index (χ1v) is 6.87. The van der Waals surface area contributed by atoms with Crippen molar-refractivity contribution in [2.75, 3.05) is 20.7 Å². The number of nitrogens with one attached hydrogen (secondary N) is 1. The molecule has 0 aliphatic heterocycles. The van der Waals surface area contributed by atoms with E-state index in [-0.39, 0.29) is 11.9 Å². The molecule has 4 heteroatoms. The van der Waals surface area contributed by atoms with Crippen LogP contribution in [0.4, 0.5) is 4.39 Å². The predicted octanol–water partition coefficient (Wildman–Crippen LogP) is 3.31. The highest BCUT2D eigenvalue weighted by atomic mass is 19.1. The van der Waals surface area contributed by atoms with Crippen LogP contribution in [-0.2, 0) is 11.3 Å². The van der Waals surface area contributed by atoms with Crippen LogP contribution in [0.15, 0.2) is 48.5 Å². The third kappa shape index (κ3) is 4.55. The van der Waals surface area contributed by atoms with Gasteiger partial charge in [-0.05, 0) is 42.4 Å². The molecule has 0 amide bonds. The highest BCUT2D eigenvalue weighted by molar-refractivity contribution is 5.28. The van der Waals surface area contributed by atoms with E-state index in [9.17, 15) is 4.39 Å². The van der Waals surface area contributed by atoms with Crippen LogP contribution >= 0.6 is 0 Å². The molecule has 2 rings (SSSR count). The lowest BCUT2D eigenvalue weighted by Crippen LogP contribution is -2.19. The van der Waals surface area contributed by atoms with E-state index in [0.29, 0.717) is 13.2 Å². The molecule has 0 aliphatic carbocycles. The zero-order valence-electron chi connectivity index (χ0n) is 12.3. The number of methoxy groups -OCH3 is 1. The van der Waals surface area contributed by atoms with Gasteiger partial charge in [0.2, 0.25) is 0 Å². The van der Waals surface area contributed by atoms with Gasteiger partial charge >= 0.3 is 0 Å². The summed E-state index contributed by atoms with van der Waals surface area (Å²) in [4.78, 5) is 0. The molecule has 0 heterocycles. The van der Waals surface area contributed by atoms with Crippen LogP contribution in [0.3, 0.4) is 0 Å². The third-order valence-corrected chi connectivity index (χ3v) is 3.20. The molecule has 0 aromatic heterocycles. The van der Waals surface area contributed by atoms with Gasteiger partial charge in [-0.2, -0.15) is 0 Å². The minimum absolute atomic E-state index is 0.197. The van der Waals surface area contributed by atoms with Gasteiger partial charge in [-0.25, -0.2) is 4.39 Å². The standard InChI is InChI=1S/C17H20FNO2/c1-19-11-17(14-6-4-7-15(18)10-14)21-12-13-5-3-8-16(9-13)20-2/h3-10,17,19H,11-12H2,1-2H3. The zero-order chi connectivity index (χ0) is 15.1. The molecule has 0 spiro atoms. The molecular formula is C17H20FNO2. The van der Waals surface area contributed by atoms with Crippen molar-refractivity contribution in [3.63, 3.8) is 0 Å². The van der Waals surface area contributed by atoms with Gasteiger partial charge in [0.05, 0.1) is 19.8 Å². The first-order chi connectivity index (χ1) is 10.2. The van der Waals surface area contributed by atoms with Crippen molar-refractivity contribution >= 4 is 0 Å². The van der Waals surface area contributed by atoms with Gasteiger partial charge in [0.25, 0.3) is 0 Å². The van der Waals surface area contributed by atoms with Crippen molar-refractivity contribution in [2.45, 2.75) is 12.7 Å². The molecule has 21 heavy (non-hydrogen) atoms. The van der Waals surface area contributed by atoms with E-state index in [4.69, 9.17) is 9.47 Å². The van der Waals surface area contributed by atoms with E-state index < -0.39 is 0 Å². The third-order valence-electron chi connectivity index (χ3n) is 3.20. The van der Waals surface area contributed by atoms with Crippen molar-refractivity contribution in [1.82, 2.24) is 5.32 Å². The molecule has 0 aliphatic rings. The number of benzene rings is 2. The number of halogens is 1. The van der Waals surface area contributed by atoms with Crippen molar-refractivity contribution in [2.24, 2.45) is 0 Å². The molecule has 0 saturated heterocycles. The average molecular weight is 289 g/mol. The normalized spacial score (nSPS) is 12.1. The van der Waals surface area contributed by atoms with E-state index in [1.54, 1.807) is 13.2 Å². The first kappa shape index (κ1) is 15.5. The van der Waals surface area contributed by atoms with E-state index in [0.717, 1.165) is 16.9 Å². The Morgan fingerprint density at radius 1 is 1.14 bits per heavy atom. The van der Waals surface area contributed by atoms with E-state index >= 15 is 0 Å². The van der Waals surface area contributed by atoms with Crippen molar-refractivity contribution in [3.05, 3.63) is 65.5 Å². The van der Waals surface area contributed by atoms with Crippen LogP contribution in [0.5, 0.6) is 5.75 Å². The van der Waals surface area contributed by atoms with Crippen LogP contribution in [0.25, 0.3) is 0 Å². The second-order valence-electron chi connectivity index (χ2n) is 4.76. The molecule has 0 bridgehead atoms. The molecule has 0 saturated carbocycles. The Hall–Kier alpha value is -1.91. The van der Waals surface area contributed by atoms with Gasteiger partial charge in [0.1, 0.15) is 11.6 Å². The number of hydrogen-bond donors (Lipinski definition) is 1. The summed E-state index contributed by atoms with van der Waals surface area (Å²) in [6.07, 6.45) is -0.197. The fourth-order valence-electron chi connectivity index (χ4n) is 2.12. The molecule has 1 atom stereocenters. The maximum atomic E-state index is 13.3. The number of rotatable bonds is 7. The van der Waals surface area contributed by atoms with Gasteiger partial charge < -0.3 is 14.8 Å². The summed E-state index contributed by atoms with van der Waals surface area (Å²) in [7, 11) is 3.48. The maximum Gasteiger partial charge on any atom is 0.123 e. The Kier molecular flexibility index (Phi) is 5.72. The highest BCUT2D eigenvalue weighted by Gasteiger charge is 2.12. The second kappa shape index (κ2) is 7.76. The Bertz CT molecular complexity index is 574. The Morgan fingerprint density at radius 3 is 2.67 bits per heavy atom. The fraction of sp³-hybridized carbons (Fsp3) is 0.294. The summed E-state index contributed by atoms with van der Waals surface area (Å²) in [5.41, 5.74) is 1.85. The summed E-state index contributed by atoms with van der Waals surface area (Å²) >= 11 is 0. The SMILES string of the molecule is CNCC(OCc1cccc(OC)c1)c1cccc(F)c1. The summed E-state index contributed by atoms with van der Waals surface area (Å²) in [5.74, 6) is 0.547. The van der Waals surface area contributed by atoms with Crippen LogP contribution in [0, 0.1) is 5.82 Å². The Balaban J connectivity index is 2.06. The van der Waals surface area contributed by atoms with Crippen LogP contribution in [0.2, 0.25) is 0 Å². The molecule has 2 aromatic rings. The summed E-state index contributed by atoms with van der Waals surface area (Å²) < 4.78 is 24.5. The van der Waals surface area contributed by atoms with E-state index in [1.807, 2.05) is 37.4 Å². The first-order valence-electron chi connectivity index (χ1n) is 6.87. The van der Waals surface area contributed by atoms with Gasteiger partial charge in [-0.3, -0.25) is 0 Å². The largest absolute Gasteiger partial charge is 0.497 e. The number of hydrogen-bond acceptors (Lipinski definition) is 3. The summed E-state index contributed by atoms with van der Waals surface area (Å²) in [6.45, 7) is 1.06. The summed E-state index contributed by atoms with van der Waals surface area (Å²) in [5, 5.41) is 3.07. The summed E-state index contributed by atoms with van der Waals surface area (Å²) in [6, 6.07) is 14.2. The monoisotopic (exact) mass is 289 g/mol. The number of likely N-dealkylation sites (N-methyl/N-ethyl adjacent to an activating group) is 1. The Morgan fingerprint density at radius 2 is 1.95 bits per heavy atom. The molecule has 3 nitrogen and oxygen atoms in total. The molecule has 1 unspecified atom stereocenters. The zero-order valence-corrected chi connectivity index (χ0v) is 12.3. The van der Waals surface area contributed by atoms with Crippen molar-refractivity contribution < 1.29 is 13.9 Å². The molecule has 0 fully saturated rings. The van der Waals surface area contributed by atoms with Crippen LogP contribution in [0.1, 0.15) is 17.2 Å². The van der Waals surface area contributed by atoms with Crippen molar-refractivity contribution in [1.29, 1.82) is 0 Å². The van der Waals surface area contributed by atoms with E-state index in [2.05, 4.69) is 5.32 Å². The van der Waals surface area contributed by atoms with Crippen LogP contribution in [-0.4, -0.2) is 20.7 Å². The minimum atomic E-state index is -0.251. The maximum absolute atomic E-state index is 13.3. The Labute approximate surface area is 124 Å². The fourth-order valence-corrected chi connectivity index (χ4v) is 2.12. The lowest BCUT2D eigenvalue weighted by atomic mass is 10.1. The van der Waals surface area contributed by atoms with Crippen LogP contribution < -0.4 is 10.1 Å². The smallest absolute Gasteiger partial charge is 0.123 e. The second-order valence-corrected chi connectivity index (χ2v) is 4.76. The highest BCUT2D eigenvalue weighted by Crippen LogP contribution is 2.21. The van der Waals surface area contributed by atoms with Gasteiger partial charge in [0, 0.05) is 6.54 Å². The molecular weight excluding hydrogens is 269 g/mol. The lowest BCUT2D eigenvalue weighted by Gasteiger charge is -2.18. The molecule has 1 N–H and O–H groups in total. The minimum Gasteiger partial charge on any atom is -0.497 e. The topological polar surface area (TPSA) is 30.5 Å². The van der Waals surface area contributed by atoms with Crippen molar-refractivity contribution in [3.8, 4) is 5.75 Å². The van der Waals surface area contributed by atoms with Gasteiger partial charge in [-0.1, -0.05) is 24.3 Å². The lowest BCUT2D eigenvalue weighted by molar-refractivity contribution is 0.0408. The quantitative estimate of drug-likeness (QED) is 0.848. The average Bonchev–Trinajstić information content (AvgIpc) is 2.51. The molecule has 2 aromatic carbocycles. The molecule has 112 valence electrons. The molecule has 0 radical (unpaired) electrons. The van der Waals surface area contributed by atoms with Gasteiger partial charge in [-0.15, -0.1) is 0 Å². The van der Waals surface area contributed by atoms with E-state index in [1.165, 1.54) is 12.1 Å². The van der Waals surface area contributed by atoms with Gasteiger partial charge in [0.15, 0.2) is 0 Å². The number of ether oxygens (including phenoxy) is 2. The predicted molar refractivity (Wildman–Crippen MR) is 80.9 cm³/mol.